The van der Waals surface area contributed by atoms with Crippen LogP contribution in [0.3, 0.4) is 0 Å². The van der Waals surface area contributed by atoms with Gasteiger partial charge in [0.1, 0.15) is 5.52 Å². The van der Waals surface area contributed by atoms with Gasteiger partial charge in [0.05, 0.1) is 11.2 Å². The Hall–Kier alpha value is -1.24. The Morgan fingerprint density at radius 3 is 2.79 bits per heavy atom. The first-order valence-electron chi connectivity index (χ1n) is 8.86. The van der Waals surface area contributed by atoms with Crippen LogP contribution in [0.15, 0.2) is 29.0 Å². The predicted octanol–water partition coefficient (Wildman–Crippen LogP) is 2.61. The van der Waals surface area contributed by atoms with Gasteiger partial charge in [0.15, 0.2) is 0 Å². The van der Waals surface area contributed by atoms with Gasteiger partial charge in [-0.3, -0.25) is 14.9 Å². The van der Waals surface area contributed by atoms with Crippen LogP contribution >= 0.6 is 15.9 Å². The number of pyridine rings is 2. The lowest BCUT2D eigenvalue weighted by Crippen LogP contribution is -2.50. The molecule has 2 aromatic heterocycles. The second-order valence-corrected chi connectivity index (χ2v) is 7.63. The van der Waals surface area contributed by atoms with Crippen molar-refractivity contribution in [3.05, 3.63) is 29.0 Å². The summed E-state index contributed by atoms with van der Waals surface area (Å²) in [5.74, 6) is 0. The van der Waals surface area contributed by atoms with Crippen LogP contribution in [-0.4, -0.2) is 71.6 Å². The Labute approximate surface area is 151 Å². The van der Waals surface area contributed by atoms with Gasteiger partial charge in [-0.05, 0) is 41.0 Å². The molecule has 4 heterocycles. The first-order chi connectivity index (χ1) is 11.7. The van der Waals surface area contributed by atoms with Crippen LogP contribution in [0.2, 0.25) is 0 Å². The summed E-state index contributed by atoms with van der Waals surface area (Å²) < 4.78 is 0.979. The Balaban J connectivity index is 1.49. The van der Waals surface area contributed by atoms with E-state index >= 15 is 0 Å². The molecule has 2 aliphatic heterocycles. The zero-order chi connectivity index (χ0) is 16.5. The fraction of sp³-hybridized carbons (Fsp3) is 0.556. The van der Waals surface area contributed by atoms with Crippen LogP contribution in [0, 0.1) is 0 Å². The average molecular weight is 390 g/mol. The van der Waals surface area contributed by atoms with Gasteiger partial charge >= 0.3 is 0 Å². The third kappa shape index (κ3) is 3.15. The molecule has 0 N–H and O–H groups in total. The number of aromatic nitrogens is 2. The van der Waals surface area contributed by atoms with E-state index in [0.717, 1.165) is 28.6 Å². The highest BCUT2D eigenvalue weighted by molar-refractivity contribution is 9.10. The number of likely N-dealkylation sites (N-methyl/N-ethyl adjacent to an activating group) is 1. The molecule has 0 bridgehead atoms. The van der Waals surface area contributed by atoms with Gasteiger partial charge in [-0.2, -0.15) is 0 Å². The number of anilines is 1. The van der Waals surface area contributed by atoms with Crippen molar-refractivity contribution in [1.29, 1.82) is 0 Å². The van der Waals surface area contributed by atoms with Crippen molar-refractivity contribution in [3.63, 3.8) is 0 Å². The third-order valence-electron chi connectivity index (χ3n) is 5.40. The Morgan fingerprint density at radius 1 is 1.17 bits per heavy atom. The molecule has 1 unspecified atom stereocenters. The highest BCUT2D eigenvalue weighted by Crippen LogP contribution is 2.29. The maximum Gasteiger partial charge on any atom is 0.112 e. The van der Waals surface area contributed by atoms with Gasteiger partial charge in [0, 0.05) is 62.2 Å². The van der Waals surface area contributed by atoms with E-state index in [1.807, 2.05) is 18.5 Å². The van der Waals surface area contributed by atoms with Crippen LogP contribution in [0.5, 0.6) is 0 Å². The maximum absolute atomic E-state index is 4.61. The number of halogens is 1. The lowest BCUT2D eigenvalue weighted by atomic mass is 10.2. The van der Waals surface area contributed by atoms with Crippen LogP contribution < -0.4 is 4.90 Å². The molecule has 0 radical (unpaired) electrons. The summed E-state index contributed by atoms with van der Waals surface area (Å²) in [7, 11) is 0. The summed E-state index contributed by atoms with van der Waals surface area (Å²) in [5.41, 5.74) is 3.20. The first kappa shape index (κ1) is 16.2. The second kappa shape index (κ2) is 6.94. The lowest BCUT2D eigenvalue weighted by Gasteiger charge is -2.37. The highest BCUT2D eigenvalue weighted by atomic mass is 79.9. The van der Waals surface area contributed by atoms with Crippen molar-refractivity contribution in [3.8, 4) is 0 Å². The standard InChI is InChI=1S/C18H24BrN5/c1-2-22-7-9-23(10-8-22)15-4-6-24(13-15)17-3-5-20-16-11-14(19)12-21-18(16)17/h3,5,11-12,15H,2,4,6-10,13H2,1H3. The van der Waals surface area contributed by atoms with Crippen molar-refractivity contribution in [1.82, 2.24) is 19.8 Å². The number of nitrogens with zero attached hydrogens (tertiary/aromatic N) is 5. The van der Waals surface area contributed by atoms with Crippen molar-refractivity contribution < 1.29 is 0 Å². The van der Waals surface area contributed by atoms with Gasteiger partial charge in [0.2, 0.25) is 0 Å². The number of piperazine rings is 1. The van der Waals surface area contributed by atoms with Gasteiger partial charge in [-0.15, -0.1) is 0 Å². The summed E-state index contributed by atoms with van der Waals surface area (Å²) in [6.07, 6.45) is 5.01. The quantitative estimate of drug-likeness (QED) is 0.805. The van der Waals surface area contributed by atoms with E-state index in [0.29, 0.717) is 6.04 Å². The molecule has 1 atom stereocenters. The molecule has 24 heavy (non-hydrogen) atoms. The van der Waals surface area contributed by atoms with Crippen molar-refractivity contribution in [2.75, 3.05) is 50.7 Å². The minimum Gasteiger partial charge on any atom is -0.368 e. The van der Waals surface area contributed by atoms with E-state index in [1.165, 1.54) is 44.8 Å². The van der Waals surface area contributed by atoms with E-state index in [-0.39, 0.29) is 0 Å². The van der Waals surface area contributed by atoms with Crippen molar-refractivity contribution >= 4 is 32.7 Å². The fourth-order valence-corrected chi connectivity index (χ4v) is 4.27. The van der Waals surface area contributed by atoms with E-state index in [2.05, 4.69) is 53.6 Å². The number of hydrogen-bond acceptors (Lipinski definition) is 5. The van der Waals surface area contributed by atoms with Crippen LogP contribution in [-0.2, 0) is 0 Å². The molecule has 128 valence electrons. The molecule has 0 aromatic carbocycles. The van der Waals surface area contributed by atoms with Gasteiger partial charge in [0.25, 0.3) is 0 Å². The molecule has 0 saturated carbocycles. The number of hydrogen-bond donors (Lipinski definition) is 0. The number of rotatable bonds is 3. The predicted molar refractivity (Wildman–Crippen MR) is 102 cm³/mol. The van der Waals surface area contributed by atoms with E-state index in [4.69, 9.17) is 0 Å². The van der Waals surface area contributed by atoms with Gasteiger partial charge < -0.3 is 9.80 Å². The number of fused-ring (bicyclic) bond motifs is 1. The fourth-order valence-electron chi connectivity index (χ4n) is 3.95. The SMILES string of the molecule is CCN1CCN(C2CCN(c3ccnc4cc(Br)cnc34)C2)CC1. The molecule has 5 nitrogen and oxygen atoms in total. The molecule has 4 rings (SSSR count). The Morgan fingerprint density at radius 2 is 2.00 bits per heavy atom. The molecule has 2 fully saturated rings. The molecule has 0 amide bonds. The largest absolute Gasteiger partial charge is 0.368 e. The Bertz CT molecular complexity index is 714. The van der Waals surface area contributed by atoms with E-state index < -0.39 is 0 Å². The monoisotopic (exact) mass is 389 g/mol. The molecular weight excluding hydrogens is 366 g/mol. The molecule has 2 aromatic rings. The normalized spacial score (nSPS) is 23.2. The topological polar surface area (TPSA) is 35.5 Å². The maximum atomic E-state index is 4.61. The highest BCUT2D eigenvalue weighted by Gasteiger charge is 2.30. The smallest absolute Gasteiger partial charge is 0.112 e. The summed E-state index contributed by atoms with van der Waals surface area (Å²) in [6, 6.07) is 4.83. The first-order valence-corrected chi connectivity index (χ1v) is 9.65. The van der Waals surface area contributed by atoms with Crippen LogP contribution in [0.4, 0.5) is 5.69 Å². The van der Waals surface area contributed by atoms with Crippen molar-refractivity contribution in [2.24, 2.45) is 0 Å². The molecular formula is C18H24BrN5. The molecule has 0 spiro atoms. The minimum absolute atomic E-state index is 0.669. The molecule has 2 aliphatic rings. The Kier molecular flexibility index (Phi) is 4.70. The summed E-state index contributed by atoms with van der Waals surface area (Å²) in [4.78, 5) is 16.8. The van der Waals surface area contributed by atoms with Gasteiger partial charge in [-0.1, -0.05) is 6.92 Å². The molecule has 6 heteroatoms. The minimum atomic E-state index is 0.669. The zero-order valence-electron chi connectivity index (χ0n) is 14.2. The van der Waals surface area contributed by atoms with Crippen molar-refractivity contribution in [2.45, 2.75) is 19.4 Å². The zero-order valence-corrected chi connectivity index (χ0v) is 15.7. The summed E-state index contributed by atoms with van der Waals surface area (Å²) >= 11 is 3.49. The summed E-state index contributed by atoms with van der Waals surface area (Å²) in [5, 5.41) is 0. The molecule has 0 aliphatic carbocycles. The third-order valence-corrected chi connectivity index (χ3v) is 5.83. The van der Waals surface area contributed by atoms with E-state index in [9.17, 15) is 0 Å². The van der Waals surface area contributed by atoms with E-state index in [1.54, 1.807) is 0 Å². The molecule has 2 saturated heterocycles. The van der Waals surface area contributed by atoms with Gasteiger partial charge in [-0.25, -0.2) is 0 Å². The van der Waals surface area contributed by atoms with Crippen LogP contribution in [0.1, 0.15) is 13.3 Å². The lowest BCUT2D eigenvalue weighted by molar-refractivity contribution is 0.107. The average Bonchev–Trinajstić information content (AvgIpc) is 3.11. The summed E-state index contributed by atoms with van der Waals surface area (Å²) in [6.45, 7) is 10.5. The van der Waals surface area contributed by atoms with Crippen LogP contribution in [0.25, 0.3) is 11.0 Å². The second-order valence-electron chi connectivity index (χ2n) is 6.71.